The first-order valence-corrected chi connectivity index (χ1v) is 6.20. The van der Waals surface area contributed by atoms with E-state index in [2.05, 4.69) is 5.32 Å². The first-order chi connectivity index (χ1) is 9.19. The molecule has 3 rings (SSSR count). The van der Waals surface area contributed by atoms with Gasteiger partial charge in [0.25, 0.3) is 5.91 Å². The Kier molecular flexibility index (Phi) is 2.77. The van der Waals surface area contributed by atoms with Gasteiger partial charge in [0, 0.05) is 6.54 Å². The lowest BCUT2D eigenvalue weighted by Crippen LogP contribution is -2.38. The van der Waals surface area contributed by atoms with Gasteiger partial charge in [-0.3, -0.25) is 4.79 Å². The first kappa shape index (κ1) is 11.8. The van der Waals surface area contributed by atoms with Gasteiger partial charge in [0.05, 0.1) is 12.2 Å². The lowest BCUT2D eigenvalue weighted by atomic mass is 10.1. The molecule has 19 heavy (non-hydrogen) atoms. The van der Waals surface area contributed by atoms with Gasteiger partial charge >= 0.3 is 6.09 Å². The molecule has 2 heterocycles. The van der Waals surface area contributed by atoms with Crippen LogP contribution in [-0.2, 0) is 9.53 Å². The highest BCUT2D eigenvalue weighted by Crippen LogP contribution is 2.35. The molecule has 1 unspecified atom stereocenters. The summed E-state index contributed by atoms with van der Waals surface area (Å²) >= 11 is 0. The highest BCUT2D eigenvalue weighted by atomic mass is 16.6. The number of nitrogens with one attached hydrogen (secondary N) is 1. The second kappa shape index (κ2) is 4.46. The third-order valence-corrected chi connectivity index (χ3v) is 3.30. The average Bonchev–Trinajstić information content (AvgIpc) is 2.85. The van der Waals surface area contributed by atoms with Crippen molar-refractivity contribution in [3.63, 3.8) is 0 Å². The molecule has 1 fully saturated rings. The van der Waals surface area contributed by atoms with Gasteiger partial charge in [-0.05, 0) is 24.6 Å². The van der Waals surface area contributed by atoms with Crippen LogP contribution in [-0.4, -0.2) is 31.7 Å². The summed E-state index contributed by atoms with van der Waals surface area (Å²) in [5.41, 5.74) is 1.59. The number of benzene rings is 1. The third-order valence-electron chi connectivity index (χ3n) is 3.30. The molecule has 6 nitrogen and oxygen atoms in total. The second-order valence-electron chi connectivity index (χ2n) is 4.43. The SMILES string of the molecule is CCN1C(=O)COc2ccc(C3CNC(=O)O3)cc21. The van der Waals surface area contributed by atoms with Crippen molar-refractivity contribution in [1.29, 1.82) is 0 Å². The van der Waals surface area contributed by atoms with Crippen LogP contribution in [0.4, 0.5) is 10.5 Å². The van der Waals surface area contributed by atoms with Crippen molar-refractivity contribution in [3.05, 3.63) is 23.8 Å². The molecule has 0 spiro atoms. The number of likely N-dealkylation sites (N-methyl/N-ethyl adjacent to an activating group) is 1. The highest BCUT2D eigenvalue weighted by Gasteiger charge is 2.28. The maximum absolute atomic E-state index is 11.8. The van der Waals surface area contributed by atoms with Crippen molar-refractivity contribution in [3.8, 4) is 5.75 Å². The Morgan fingerprint density at radius 3 is 2.95 bits per heavy atom. The predicted octanol–water partition coefficient (Wildman–Crippen LogP) is 1.21. The van der Waals surface area contributed by atoms with E-state index in [4.69, 9.17) is 9.47 Å². The van der Waals surface area contributed by atoms with Gasteiger partial charge in [-0.25, -0.2) is 4.79 Å². The van der Waals surface area contributed by atoms with Crippen LogP contribution in [0.2, 0.25) is 0 Å². The number of ether oxygens (including phenoxy) is 2. The van der Waals surface area contributed by atoms with Crippen molar-refractivity contribution in [2.75, 3.05) is 24.6 Å². The fourth-order valence-corrected chi connectivity index (χ4v) is 2.34. The number of cyclic esters (lactones) is 1. The van der Waals surface area contributed by atoms with Gasteiger partial charge in [-0.15, -0.1) is 0 Å². The quantitative estimate of drug-likeness (QED) is 0.870. The average molecular weight is 262 g/mol. The predicted molar refractivity (Wildman–Crippen MR) is 67.2 cm³/mol. The Balaban J connectivity index is 1.95. The monoisotopic (exact) mass is 262 g/mol. The molecule has 1 atom stereocenters. The minimum Gasteiger partial charge on any atom is -0.482 e. The van der Waals surface area contributed by atoms with Crippen LogP contribution in [0.3, 0.4) is 0 Å². The molecule has 0 aromatic heterocycles. The molecule has 1 saturated heterocycles. The Hall–Kier alpha value is -2.24. The number of amides is 2. The molecule has 6 heteroatoms. The number of hydrogen-bond acceptors (Lipinski definition) is 4. The highest BCUT2D eigenvalue weighted by molar-refractivity contribution is 5.97. The lowest BCUT2D eigenvalue weighted by molar-refractivity contribution is -0.121. The van der Waals surface area contributed by atoms with Crippen LogP contribution < -0.4 is 15.0 Å². The number of anilines is 1. The van der Waals surface area contributed by atoms with Crippen molar-refractivity contribution in [1.82, 2.24) is 5.32 Å². The molecule has 100 valence electrons. The summed E-state index contributed by atoms with van der Waals surface area (Å²) in [6.45, 7) is 3.01. The van der Waals surface area contributed by atoms with E-state index >= 15 is 0 Å². The van der Waals surface area contributed by atoms with Gasteiger partial charge in [-0.2, -0.15) is 0 Å². The fraction of sp³-hybridized carbons (Fsp3) is 0.385. The number of fused-ring (bicyclic) bond motifs is 1. The molecule has 1 N–H and O–H groups in total. The summed E-state index contributed by atoms with van der Waals surface area (Å²) in [5.74, 6) is 0.621. The zero-order chi connectivity index (χ0) is 13.4. The minimum atomic E-state index is -0.414. The largest absolute Gasteiger partial charge is 0.482 e. The van der Waals surface area contributed by atoms with Crippen LogP contribution in [0.5, 0.6) is 5.75 Å². The summed E-state index contributed by atoms with van der Waals surface area (Å²) in [4.78, 5) is 24.5. The summed E-state index contributed by atoms with van der Waals surface area (Å²) in [6.07, 6.45) is -0.726. The second-order valence-corrected chi connectivity index (χ2v) is 4.43. The van der Waals surface area contributed by atoms with E-state index in [1.807, 2.05) is 25.1 Å². The zero-order valence-corrected chi connectivity index (χ0v) is 10.5. The Morgan fingerprint density at radius 2 is 2.26 bits per heavy atom. The van der Waals surface area contributed by atoms with Crippen LogP contribution in [0.25, 0.3) is 0 Å². The van der Waals surface area contributed by atoms with Crippen LogP contribution in [0.1, 0.15) is 18.6 Å². The first-order valence-electron chi connectivity index (χ1n) is 6.20. The molecule has 2 aliphatic rings. The van der Waals surface area contributed by atoms with Crippen LogP contribution in [0, 0.1) is 0 Å². The molecule has 0 radical (unpaired) electrons. The zero-order valence-electron chi connectivity index (χ0n) is 10.5. The minimum absolute atomic E-state index is 0.0614. The molecule has 0 bridgehead atoms. The molecule has 2 aliphatic heterocycles. The normalized spacial score (nSPS) is 21.5. The van der Waals surface area contributed by atoms with Crippen LogP contribution >= 0.6 is 0 Å². The smallest absolute Gasteiger partial charge is 0.407 e. The molecule has 0 saturated carbocycles. The van der Waals surface area contributed by atoms with E-state index in [1.165, 1.54) is 0 Å². The molecular weight excluding hydrogens is 248 g/mol. The van der Waals surface area contributed by atoms with E-state index in [9.17, 15) is 9.59 Å². The van der Waals surface area contributed by atoms with Crippen molar-refractivity contribution >= 4 is 17.7 Å². The number of alkyl carbamates (subject to hydrolysis) is 1. The number of rotatable bonds is 2. The standard InChI is InChI=1S/C13H14N2O4/c1-2-15-9-5-8(11-6-14-13(17)19-11)3-4-10(9)18-7-12(15)16/h3-5,11H,2,6-7H2,1H3,(H,14,17). The van der Waals surface area contributed by atoms with E-state index < -0.39 is 6.09 Å². The van der Waals surface area contributed by atoms with Crippen LogP contribution in [0.15, 0.2) is 18.2 Å². The summed E-state index contributed by atoms with van der Waals surface area (Å²) in [7, 11) is 0. The van der Waals surface area contributed by atoms with Gasteiger partial charge in [0.1, 0.15) is 11.9 Å². The summed E-state index contributed by atoms with van der Waals surface area (Å²) in [5, 5.41) is 2.61. The molecule has 1 aromatic rings. The molecule has 1 aromatic carbocycles. The van der Waals surface area contributed by atoms with Gasteiger partial charge in [0.2, 0.25) is 0 Å². The number of carbonyl (C=O) groups excluding carboxylic acids is 2. The van der Waals surface area contributed by atoms with E-state index in [0.717, 1.165) is 11.3 Å². The maximum Gasteiger partial charge on any atom is 0.407 e. The van der Waals surface area contributed by atoms with Crippen molar-refractivity contribution in [2.24, 2.45) is 0 Å². The van der Waals surface area contributed by atoms with Gasteiger partial charge < -0.3 is 19.7 Å². The lowest BCUT2D eigenvalue weighted by Gasteiger charge is -2.29. The van der Waals surface area contributed by atoms with E-state index in [0.29, 0.717) is 18.8 Å². The van der Waals surface area contributed by atoms with Crippen molar-refractivity contribution < 1.29 is 19.1 Å². The fourth-order valence-electron chi connectivity index (χ4n) is 2.34. The molecular formula is C13H14N2O4. The summed E-state index contributed by atoms with van der Waals surface area (Å²) < 4.78 is 10.5. The number of carbonyl (C=O) groups is 2. The number of nitrogens with zero attached hydrogens (tertiary/aromatic N) is 1. The third kappa shape index (κ3) is 1.99. The molecule has 0 aliphatic carbocycles. The maximum atomic E-state index is 11.8. The Bertz CT molecular complexity index is 543. The van der Waals surface area contributed by atoms with Gasteiger partial charge in [0.15, 0.2) is 6.61 Å². The van der Waals surface area contributed by atoms with E-state index in [-0.39, 0.29) is 18.6 Å². The number of hydrogen-bond donors (Lipinski definition) is 1. The topological polar surface area (TPSA) is 67.9 Å². The summed E-state index contributed by atoms with van der Waals surface area (Å²) in [6, 6.07) is 5.51. The Morgan fingerprint density at radius 1 is 1.42 bits per heavy atom. The molecule has 2 amide bonds. The van der Waals surface area contributed by atoms with Crippen molar-refractivity contribution in [2.45, 2.75) is 13.0 Å². The van der Waals surface area contributed by atoms with Gasteiger partial charge in [-0.1, -0.05) is 6.07 Å². The van der Waals surface area contributed by atoms with E-state index in [1.54, 1.807) is 4.90 Å². The Labute approximate surface area is 110 Å².